The number of hydrogen-bond donors (Lipinski definition) is 2. The van der Waals surface area contributed by atoms with Crippen LogP contribution in [0.5, 0.6) is 0 Å². The molecule has 2 rings (SSSR count). The lowest BCUT2D eigenvalue weighted by atomic mass is 10.1. The number of anilines is 1. The van der Waals surface area contributed by atoms with Gasteiger partial charge in [0.1, 0.15) is 0 Å². The van der Waals surface area contributed by atoms with Crippen molar-refractivity contribution in [1.82, 2.24) is 10.2 Å². The molecular weight excluding hydrogens is 309 g/mol. The fourth-order valence-electron chi connectivity index (χ4n) is 2.47. The van der Waals surface area contributed by atoms with Crippen LogP contribution in [-0.4, -0.2) is 42.5 Å². The summed E-state index contributed by atoms with van der Waals surface area (Å²) in [4.78, 5) is 14.4. The van der Waals surface area contributed by atoms with Crippen LogP contribution in [0.25, 0.3) is 0 Å². The third-order valence-corrected chi connectivity index (χ3v) is 4.38. The molecule has 2 unspecified atom stereocenters. The van der Waals surface area contributed by atoms with Gasteiger partial charge in [-0.2, -0.15) is 0 Å². The van der Waals surface area contributed by atoms with Crippen molar-refractivity contribution in [1.29, 1.82) is 0 Å². The fraction of sp³-hybridized carbons (Fsp3) is 0.533. The SMILES string of the molecule is CC1CN(CCC(=O)Nc2c(Cl)cccc2Cl)C(C)CN1. The summed E-state index contributed by atoms with van der Waals surface area (Å²) in [7, 11) is 0. The molecule has 2 atom stereocenters. The minimum absolute atomic E-state index is 0.0663. The first-order chi connectivity index (χ1) is 9.97. The monoisotopic (exact) mass is 329 g/mol. The molecule has 0 saturated carbocycles. The molecule has 1 heterocycles. The molecule has 4 nitrogen and oxygen atoms in total. The Balaban J connectivity index is 1.87. The van der Waals surface area contributed by atoms with Gasteiger partial charge in [0.2, 0.25) is 5.91 Å². The summed E-state index contributed by atoms with van der Waals surface area (Å²) in [5.74, 6) is -0.0663. The number of piperazine rings is 1. The molecule has 0 radical (unpaired) electrons. The number of carbonyl (C=O) groups is 1. The number of nitrogens with zero attached hydrogens (tertiary/aromatic N) is 1. The van der Waals surface area contributed by atoms with Crippen molar-refractivity contribution >= 4 is 34.8 Å². The summed E-state index contributed by atoms with van der Waals surface area (Å²) in [5.41, 5.74) is 0.493. The standard InChI is InChI=1S/C15H21Cl2N3O/c1-10-9-20(11(2)8-18-10)7-6-14(21)19-15-12(16)4-3-5-13(15)17/h3-5,10-11,18H,6-9H2,1-2H3,(H,19,21). The Kier molecular flexibility index (Phi) is 5.88. The lowest BCUT2D eigenvalue weighted by Gasteiger charge is -2.37. The molecule has 2 N–H and O–H groups in total. The summed E-state index contributed by atoms with van der Waals surface area (Å²) < 4.78 is 0. The van der Waals surface area contributed by atoms with Crippen molar-refractivity contribution in [2.24, 2.45) is 0 Å². The third kappa shape index (κ3) is 4.58. The van der Waals surface area contributed by atoms with Gasteiger partial charge >= 0.3 is 0 Å². The minimum atomic E-state index is -0.0663. The van der Waals surface area contributed by atoms with Crippen molar-refractivity contribution in [2.45, 2.75) is 32.4 Å². The molecule has 6 heteroatoms. The Hall–Kier alpha value is -0.810. The molecule has 1 fully saturated rings. The highest BCUT2D eigenvalue weighted by molar-refractivity contribution is 6.39. The molecule has 1 aromatic rings. The molecule has 1 aliphatic rings. The Morgan fingerprint density at radius 1 is 1.38 bits per heavy atom. The van der Waals surface area contributed by atoms with Gasteiger partial charge in [0.25, 0.3) is 0 Å². The van der Waals surface area contributed by atoms with Crippen LogP contribution < -0.4 is 10.6 Å². The lowest BCUT2D eigenvalue weighted by Crippen LogP contribution is -2.54. The van der Waals surface area contributed by atoms with Crippen LogP contribution in [-0.2, 0) is 4.79 Å². The van der Waals surface area contributed by atoms with Crippen molar-refractivity contribution in [3.05, 3.63) is 28.2 Å². The summed E-state index contributed by atoms with van der Waals surface area (Å²) in [6.45, 7) is 6.98. The average Bonchev–Trinajstić information content (AvgIpc) is 2.44. The molecule has 1 aliphatic heterocycles. The van der Waals surface area contributed by atoms with E-state index in [0.29, 0.717) is 34.2 Å². The number of nitrogens with one attached hydrogen (secondary N) is 2. The summed E-state index contributed by atoms with van der Waals surface area (Å²) in [5, 5.41) is 7.14. The van der Waals surface area contributed by atoms with Gasteiger partial charge in [-0.3, -0.25) is 9.69 Å². The Labute approximate surface area is 135 Å². The van der Waals surface area contributed by atoms with E-state index in [0.717, 1.165) is 19.6 Å². The van der Waals surface area contributed by atoms with Gasteiger partial charge in [-0.25, -0.2) is 0 Å². The molecule has 0 aliphatic carbocycles. The molecular formula is C15H21Cl2N3O. The number of carbonyl (C=O) groups excluding carboxylic acids is 1. The first-order valence-electron chi connectivity index (χ1n) is 7.18. The molecule has 1 aromatic carbocycles. The quantitative estimate of drug-likeness (QED) is 0.892. The van der Waals surface area contributed by atoms with E-state index in [1.165, 1.54) is 0 Å². The second-order valence-electron chi connectivity index (χ2n) is 5.55. The minimum Gasteiger partial charge on any atom is -0.324 e. The normalized spacial score (nSPS) is 23.0. The molecule has 116 valence electrons. The van der Waals surface area contributed by atoms with Crippen LogP contribution in [0.2, 0.25) is 10.0 Å². The van der Waals surface area contributed by atoms with Crippen molar-refractivity contribution in [3.63, 3.8) is 0 Å². The Morgan fingerprint density at radius 3 is 2.71 bits per heavy atom. The highest BCUT2D eigenvalue weighted by Crippen LogP contribution is 2.29. The zero-order valence-electron chi connectivity index (χ0n) is 12.3. The number of halogens is 2. The number of benzene rings is 1. The van der Waals surface area contributed by atoms with Crippen molar-refractivity contribution in [3.8, 4) is 0 Å². The average molecular weight is 330 g/mol. The molecule has 0 spiro atoms. The van der Waals surface area contributed by atoms with E-state index in [2.05, 4.69) is 29.4 Å². The van der Waals surface area contributed by atoms with Gasteiger partial charge in [0.15, 0.2) is 0 Å². The zero-order chi connectivity index (χ0) is 15.4. The van der Waals surface area contributed by atoms with Crippen molar-refractivity contribution < 1.29 is 4.79 Å². The van der Waals surface area contributed by atoms with E-state index in [1.54, 1.807) is 18.2 Å². The van der Waals surface area contributed by atoms with E-state index in [1.807, 2.05) is 0 Å². The summed E-state index contributed by atoms with van der Waals surface area (Å²) in [6.07, 6.45) is 0.429. The molecule has 21 heavy (non-hydrogen) atoms. The smallest absolute Gasteiger partial charge is 0.225 e. The van der Waals surface area contributed by atoms with Gasteiger partial charge < -0.3 is 10.6 Å². The molecule has 1 amide bonds. The molecule has 1 saturated heterocycles. The summed E-state index contributed by atoms with van der Waals surface area (Å²) in [6, 6.07) is 6.08. The van der Waals surface area contributed by atoms with Gasteiger partial charge in [-0.1, -0.05) is 29.3 Å². The number of rotatable bonds is 4. The maximum absolute atomic E-state index is 12.1. The van der Waals surface area contributed by atoms with Gasteiger partial charge in [-0.05, 0) is 26.0 Å². The van der Waals surface area contributed by atoms with Crippen LogP contribution in [0.1, 0.15) is 20.3 Å². The maximum Gasteiger partial charge on any atom is 0.225 e. The van der Waals surface area contributed by atoms with Crippen LogP contribution in [0.4, 0.5) is 5.69 Å². The van der Waals surface area contributed by atoms with E-state index >= 15 is 0 Å². The highest BCUT2D eigenvalue weighted by Gasteiger charge is 2.22. The van der Waals surface area contributed by atoms with Gasteiger partial charge in [0, 0.05) is 38.1 Å². The van der Waals surface area contributed by atoms with Gasteiger partial charge in [-0.15, -0.1) is 0 Å². The first-order valence-corrected chi connectivity index (χ1v) is 7.94. The zero-order valence-corrected chi connectivity index (χ0v) is 13.8. The maximum atomic E-state index is 12.1. The van der Waals surface area contributed by atoms with Crippen LogP contribution in [0.3, 0.4) is 0 Å². The topological polar surface area (TPSA) is 44.4 Å². The molecule has 0 aromatic heterocycles. The van der Waals surface area contributed by atoms with Crippen LogP contribution in [0.15, 0.2) is 18.2 Å². The number of para-hydroxylation sites is 1. The van der Waals surface area contributed by atoms with Crippen LogP contribution in [0, 0.1) is 0 Å². The number of amides is 1. The fourth-order valence-corrected chi connectivity index (χ4v) is 2.97. The predicted molar refractivity (Wildman–Crippen MR) is 88.2 cm³/mol. The lowest BCUT2D eigenvalue weighted by molar-refractivity contribution is -0.116. The van der Waals surface area contributed by atoms with E-state index < -0.39 is 0 Å². The largest absolute Gasteiger partial charge is 0.324 e. The first kappa shape index (κ1) is 16.6. The van der Waals surface area contributed by atoms with Gasteiger partial charge in [0.05, 0.1) is 15.7 Å². The van der Waals surface area contributed by atoms with E-state index in [4.69, 9.17) is 23.2 Å². The highest BCUT2D eigenvalue weighted by atomic mass is 35.5. The predicted octanol–water partition coefficient (Wildman–Crippen LogP) is 3.00. The summed E-state index contributed by atoms with van der Waals surface area (Å²) >= 11 is 12.1. The second-order valence-corrected chi connectivity index (χ2v) is 6.36. The second kappa shape index (κ2) is 7.45. The molecule has 0 bridgehead atoms. The number of hydrogen-bond acceptors (Lipinski definition) is 3. The van der Waals surface area contributed by atoms with E-state index in [-0.39, 0.29) is 5.91 Å². The Morgan fingerprint density at radius 2 is 2.05 bits per heavy atom. The van der Waals surface area contributed by atoms with E-state index in [9.17, 15) is 4.79 Å². The van der Waals surface area contributed by atoms with Crippen molar-refractivity contribution in [2.75, 3.05) is 25.0 Å². The Bertz CT molecular complexity index is 489. The van der Waals surface area contributed by atoms with Crippen LogP contribution >= 0.6 is 23.2 Å². The third-order valence-electron chi connectivity index (χ3n) is 3.75.